The highest BCUT2D eigenvalue weighted by Crippen LogP contribution is 2.21. The summed E-state index contributed by atoms with van der Waals surface area (Å²) in [6.45, 7) is 11.0. The third-order valence-corrected chi connectivity index (χ3v) is 3.30. The standard InChI is InChI=1S/C16H25BN2O4/c1-15(2,3)23-14(20)19(6)13-8-7-12(9-18-13)17-21-10-16(4,5)11-22-17/h7-9H,10-11H2,1-6H3. The van der Waals surface area contributed by atoms with Gasteiger partial charge in [0.1, 0.15) is 11.4 Å². The van der Waals surface area contributed by atoms with E-state index >= 15 is 0 Å². The molecule has 6 nitrogen and oxygen atoms in total. The van der Waals surface area contributed by atoms with Crippen LogP contribution >= 0.6 is 0 Å². The van der Waals surface area contributed by atoms with Gasteiger partial charge in [-0.1, -0.05) is 19.9 Å². The van der Waals surface area contributed by atoms with Gasteiger partial charge in [-0.15, -0.1) is 0 Å². The second-order valence-electron chi connectivity index (χ2n) is 7.61. The minimum absolute atomic E-state index is 0.0286. The van der Waals surface area contributed by atoms with Gasteiger partial charge in [-0.05, 0) is 26.8 Å². The van der Waals surface area contributed by atoms with E-state index in [0.717, 1.165) is 5.46 Å². The summed E-state index contributed by atoms with van der Waals surface area (Å²) in [5.74, 6) is 0.513. The van der Waals surface area contributed by atoms with Gasteiger partial charge in [0, 0.05) is 37.3 Å². The summed E-state index contributed by atoms with van der Waals surface area (Å²) in [6, 6.07) is 3.61. The normalized spacial score (nSPS) is 17.7. The highest BCUT2D eigenvalue weighted by molar-refractivity contribution is 6.61. The molecule has 1 fully saturated rings. The molecular weight excluding hydrogens is 295 g/mol. The number of pyridine rings is 1. The van der Waals surface area contributed by atoms with Gasteiger partial charge in [-0.25, -0.2) is 9.78 Å². The van der Waals surface area contributed by atoms with E-state index < -0.39 is 18.8 Å². The molecule has 1 amide bonds. The van der Waals surface area contributed by atoms with E-state index in [1.807, 2.05) is 26.8 Å². The Hall–Kier alpha value is -1.60. The molecule has 0 N–H and O–H groups in total. The quantitative estimate of drug-likeness (QED) is 0.782. The molecule has 1 aromatic heterocycles. The summed E-state index contributed by atoms with van der Waals surface area (Å²) < 4.78 is 16.8. The fourth-order valence-electron chi connectivity index (χ4n) is 2.04. The van der Waals surface area contributed by atoms with Crippen LogP contribution in [0.3, 0.4) is 0 Å². The number of amides is 1. The second kappa shape index (κ2) is 6.49. The van der Waals surface area contributed by atoms with Crippen molar-refractivity contribution in [3.63, 3.8) is 0 Å². The lowest BCUT2D eigenvalue weighted by Gasteiger charge is -2.33. The Morgan fingerprint density at radius 2 is 1.91 bits per heavy atom. The van der Waals surface area contributed by atoms with Crippen molar-refractivity contribution in [2.45, 2.75) is 40.2 Å². The number of anilines is 1. The van der Waals surface area contributed by atoms with Crippen LogP contribution < -0.4 is 10.4 Å². The van der Waals surface area contributed by atoms with Gasteiger partial charge < -0.3 is 14.0 Å². The fourth-order valence-corrected chi connectivity index (χ4v) is 2.04. The van der Waals surface area contributed by atoms with Gasteiger partial charge in [-0.3, -0.25) is 4.90 Å². The molecule has 1 aliphatic rings. The first-order valence-electron chi connectivity index (χ1n) is 7.73. The van der Waals surface area contributed by atoms with Crippen LogP contribution in [0.5, 0.6) is 0 Å². The Bertz CT molecular complexity index is 544. The molecule has 0 aliphatic carbocycles. The van der Waals surface area contributed by atoms with Crippen LogP contribution in [-0.2, 0) is 14.0 Å². The van der Waals surface area contributed by atoms with Crippen LogP contribution in [0.25, 0.3) is 0 Å². The monoisotopic (exact) mass is 320 g/mol. The van der Waals surface area contributed by atoms with Gasteiger partial charge in [0.2, 0.25) is 0 Å². The third-order valence-electron chi connectivity index (χ3n) is 3.30. The zero-order valence-corrected chi connectivity index (χ0v) is 14.8. The molecule has 0 spiro atoms. The van der Waals surface area contributed by atoms with E-state index in [2.05, 4.69) is 18.8 Å². The van der Waals surface area contributed by atoms with Gasteiger partial charge in [-0.2, -0.15) is 0 Å². The van der Waals surface area contributed by atoms with Crippen molar-refractivity contribution in [1.82, 2.24) is 4.98 Å². The molecule has 1 saturated heterocycles. The zero-order chi connectivity index (χ0) is 17.3. The lowest BCUT2D eigenvalue weighted by atomic mass is 9.77. The fraction of sp³-hybridized carbons (Fsp3) is 0.625. The second-order valence-corrected chi connectivity index (χ2v) is 7.61. The largest absolute Gasteiger partial charge is 0.495 e. The smallest absolute Gasteiger partial charge is 0.443 e. The van der Waals surface area contributed by atoms with Crippen LogP contribution in [0.15, 0.2) is 18.3 Å². The van der Waals surface area contributed by atoms with Crippen molar-refractivity contribution in [1.29, 1.82) is 0 Å². The zero-order valence-electron chi connectivity index (χ0n) is 14.8. The Morgan fingerprint density at radius 3 is 2.39 bits per heavy atom. The van der Waals surface area contributed by atoms with Crippen LogP contribution in [0.4, 0.5) is 10.6 Å². The minimum atomic E-state index is -0.540. The van der Waals surface area contributed by atoms with Gasteiger partial charge in [0.05, 0.1) is 0 Å². The first-order valence-corrected chi connectivity index (χ1v) is 7.73. The molecule has 2 rings (SSSR count). The summed E-state index contributed by atoms with van der Waals surface area (Å²) in [5.41, 5.74) is 0.324. The number of nitrogens with zero attached hydrogens (tertiary/aromatic N) is 2. The maximum absolute atomic E-state index is 12.0. The van der Waals surface area contributed by atoms with Crippen LogP contribution in [0.1, 0.15) is 34.6 Å². The lowest BCUT2D eigenvalue weighted by Crippen LogP contribution is -2.47. The number of aromatic nitrogens is 1. The van der Waals surface area contributed by atoms with Crippen molar-refractivity contribution in [2.75, 3.05) is 25.2 Å². The number of carbonyl (C=O) groups excluding carboxylic acids is 1. The summed E-state index contributed by atoms with van der Waals surface area (Å²) >= 11 is 0. The molecular formula is C16H25BN2O4. The van der Waals surface area contributed by atoms with E-state index in [1.54, 1.807) is 19.3 Å². The first-order chi connectivity index (χ1) is 10.6. The Morgan fingerprint density at radius 1 is 1.30 bits per heavy atom. The maximum atomic E-state index is 12.0. The Balaban J connectivity index is 2.01. The molecule has 1 aromatic rings. The number of hydrogen-bond acceptors (Lipinski definition) is 5. The predicted octanol–water partition coefficient (Wildman–Crippen LogP) is 2.22. The molecule has 7 heteroatoms. The van der Waals surface area contributed by atoms with Gasteiger partial charge in [0.15, 0.2) is 0 Å². The van der Waals surface area contributed by atoms with Crippen LogP contribution in [-0.4, -0.2) is 44.1 Å². The molecule has 0 radical (unpaired) electrons. The summed E-state index contributed by atoms with van der Waals surface area (Å²) in [7, 11) is 1.23. The van der Waals surface area contributed by atoms with E-state index in [4.69, 9.17) is 14.0 Å². The molecule has 1 aliphatic heterocycles. The number of ether oxygens (including phenoxy) is 1. The summed E-state index contributed by atoms with van der Waals surface area (Å²) in [5, 5.41) is 0. The van der Waals surface area contributed by atoms with E-state index in [9.17, 15) is 4.79 Å². The summed E-state index contributed by atoms with van der Waals surface area (Å²) in [4.78, 5) is 17.7. The van der Waals surface area contributed by atoms with Crippen molar-refractivity contribution < 1.29 is 18.8 Å². The van der Waals surface area contributed by atoms with Crippen LogP contribution in [0.2, 0.25) is 0 Å². The van der Waals surface area contributed by atoms with Crippen molar-refractivity contribution in [3.8, 4) is 0 Å². The molecule has 2 heterocycles. The molecule has 0 atom stereocenters. The van der Waals surface area contributed by atoms with E-state index in [1.165, 1.54) is 4.90 Å². The van der Waals surface area contributed by atoms with Crippen molar-refractivity contribution in [3.05, 3.63) is 18.3 Å². The number of carbonyl (C=O) groups is 1. The topological polar surface area (TPSA) is 60.9 Å². The SMILES string of the molecule is CN(C(=O)OC(C)(C)C)c1ccc(B2OCC(C)(C)CO2)cn1. The minimum Gasteiger partial charge on any atom is -0.443 e. The number of rotatable bonds is 2. The average Bonchev–Trinajstić information content (AvgIpc) is 2.45. The molecule has 126 valence electrons. The lowest BCUT2D eigenvalue weighted by molar-refractivity contribution is 0.0343. The van der Waals surface area contributed by atoms with Crippen molar-refractivity contribution in [2.24, 2.45) is 5.41 Å². The molecule has 0 saturated carbocycles. The highest BCUT2D eigenvalue weighted by atomic mass is 16.6. The van der Waals surface area contributed by atoms with Crippen molar-refractivity contribution >= 4 is 24.5 Å². The Kier molecular flexibility index (Phi) is 5.01. The summed E-state index contributed by atoms with van der Waals surface area (Å²) in [6.07, 6.45) is 1.23. The maximum Gasteiger partial charge on any atom is 0.495 e. The number of hydrogen-bond donors (Lipinski definition) is 0. The molecule has 0 unspecified atom stereocenters. The molecule has 23 heavy (non-hydrogen) atoms. The Labute approximate surface area is 138 Å². The van der Waals surface area contributed by atoms with E-state index in [0.29, 0.717) is 19.0 Å². The highest BCUT2D eigenvalue weighted by Gasteiger charge is 2.33. The van der Waals surface area contributed by atoms with Gasteiger partial charge in [0.25, 0.3) is 0 Å². The van der Waals surface area contributed by atoms with Crippen LogP contribution in [0, 0.1) is 5.41 Å². The molecule has 0 aromatic carbocycles. The van der Waals surface area contributed by atoms with E-state index in [-0.39, 0.29) is 5.41 Å². The first kappa shape index (κ1) is 17.8. The molecule has 0 bridgehead atoms. The van der Waals surface area contributed by atoms with Gasteiger partial charge >= 0.3 is 13.2 Å². The average molecular weight is 320 g/mol. The predicted molar refractivity (Wildman–Crippen MR) is 89.9 cm³/mol. The third kappa shape index (κ3) is 4.94.